The zero-order valence-corrected chi connectivity index (χ0v) is 19.8. The smallest absolute Gasteiger partial charge is 0.340 e. The predicted octanol–water partition coefficient (Wildman–Crippen LogP) is 5.23. The highest BCUT2D eigenvalue weighted by molar-refractivity contribution is 5.93. The summed E-state index contributed by atoms with van der Waals surface area (Å²) in [6.45, 7) is 4.13. The molecule has 35 heavy (non-hydrogen) atoms. The molecule has 0 spiro atoms. The lowest BCUT2D eigenvalue weighted by Gasteiger charge is -2.07. The highest BCUT2D eigenvalue weighted by Crippen LogP contribution is 2.27. The zero-order valence-electron chi connectivity index (χ0n) is 19.8. The summed E-state index contributed by atoms with van der Waals surface area (Å²) in [4.78, 5) is 17.3. The topological polar surface area (TPSA) is 84.1 Å². The summed E-state index contributed by atoms with van der Waals surface area (Å²) >= 11 is 0. The molecule has 0 amide bonds. The number of para-hydroxylation sites is 1. The molecule has 0 aliphatic carbocycles. The van der Waals surface area contributed by atoms with Crippen molar-refractivity contribution in [1.82, 2.24) is 24.5 Å². The summed E-state index contributed by atoms with van der Waals surface area (Å²) in [5.74, 6) is 0.303. The Morgan fingerprint density at radius 3 is 2.51 bits per heavy atom. The van der Waals surface area contributed by atoms with E-state index in [1.807, 2.05) is 79.3 Å². The average molecular weight is 468 g/mol. The van der Waals surface area contributed by atoms with Crippen LogP contribution in [0.5, 0.6) is 5.75 Å². The highest BCUT2D eigenvalue weighted by Gasteiger charge is 2.17. The normalized spacial score (nSPS) is 11.2. The quantitative estimate of drug-likeness (QED) is 0.305. The Bertz CT molecular complexity index is 1470. The molecule has 176 valence electrons. The van der Waals surface area contributed by atoms with Crippen LogP contribution in [0.1, 0.15) is 35.8 Å². The number of nitrogens with zero attached hydrogens (tertiary/aromatic N) is 5. The molecular formula is C27H25N5O3. The molecule has 3 aromatic heterocycles. The zero-order chi connectivity index (χ0) is 24.4. The maximum atomic E-state index is 12.9. The summed E-state index contributed by atoms with van der Waals surface area (Å²) in [7, 11) is 1.63. The van der Waals surface area contributed by atoms with Crippen molar-refractivity contribution in [2.45, 2.75) is 26.5 Å². The average Bonchev–Trinajstić information content (AvgIpc) is 3.52. The van der Waals surface area contributed by atoms with Gasteiger partial charge in [0.05, 0.1) is 30.3 Å². The van der Waals surface area contributed by atoms with Gasteiger partial charge in [0.1, 0.15) is 12.4 Å². The third-order valence-electron chi connectivity index (χ3n) is 5.69. The van der Waals surface area contributed by atoms with E-state index in [4.69, 9.17) is 14.6 Å². The van der Waals surface area contributed by atoms with Crippen molar-refractivity contribution in [3.05, 3.63) is 90.4 Å². The maximum Gasteiger partial charge on any atom is 0.340 e. The number of methoxy groups -OCH3 is 1. The Hall–Kier alpha value is -4.46. The van der Waals surface area contributed by atoms with Crippen LogP contribution < -0.4 is 4.74 Å². The van der Waals surface area contributed by atoms with E-state index in [1.54, 1.807) is 24.1 Å². The van der Waals surface area contributed by atoms with Gasteiger partial charge >= 0.3 is 5.97 Å². The van der Waals surface area contributed by atoms with Gasteiger partial charge < -0.3 is 9.47 Å². The van der Waals surface area contributed by atoms with Gasteiger partial charge in [-0.1, -0.05) is 18.2 Å². The standard InChI is InChI=1S/C27H25N5O3/c1-18(2)32-26-20(15-29-32)13-21(14-28-26)27(33)35-17-22-16-31(23-7-5-4-6-8-23)30-25(22)19-9-11-24(34-3)12-10-19/h4-16,18H,17H2,1-3H3. The Morgan fingerprint density at radius 2 is 1.80 bits per heavy atom. The molecule has 0 fully saturated rings. The van der Waals surface area contributed by atoms with E-state index >= 15 is 0 Å². The van der Waals surface area contributed by atoms with Crippen LogP contribution in [0, 0.1) is 0 Å². The van der Waals surface area contributed by atoms with E-state index in [9.17, 15) is 4.79 Å². The molecule has 0 saturated carbocycles. The van der Waals surface area contributed by atoms with E-state index in [1.165, 1.54) is 6.20 Å². The Morgan fingerprint density at radius 1 is 1.03 bits per heavy atom. The molecule has 0 atom stereocenters. The van der Waals surface area contributed by atoms with Crippen LogP contribution in [-0.2, 0) is 11.3 Å². The molecule has 8 nitrogen and oxygen atoms in total. The molecule has 0 aliphatic rings. The predicted molar refractivity (Wildman–Crippen MR) is 133 cm³/mol. The van der Waals surface area contributed by atoms with Crippen LogP contribution in [0.15, 0.2) is 79.3 Å². The first-order chi connectivity index (χ1) is 17.0. The van der Waals surface area contributed by atoms with Gasteiger partial charge in [0, 0.05) is 34.9 Å². The molecule has 2 aromatic carbocycles. The van der Waals surface area contributed by atoms with Crippen molar-refractivity contribution in [2.24, 2.45) is 0 Å². The fourth-order valence-electron chi connectivity index (χ4n) is 3.88. The molecule has 0 unspecified atom stereocenters. The van der Waals surface area contributed by atoms with E-state index in [0.717, 1.165) is 39.3 Å². The highest BCUT2D eigenvalue weighted by atomic mass is 16.5. The number of hydrogen-bond acceptors (Lipinski definition) is 6. The number of rotatable bonds is 7. The second-order valence-corrected chi connectivity index (χ2v) is 8.41. The molecule has 0 N–H and O–H groups in total. The van der Waals surface area contributed by atoms with Crippen molar-refractivity contribution in [1.29, 1.82) is 0 Å². The summed E-state index contributed by atoms with van der Waals surface area (Å²) in [6.07, 6.45) is 5.13. The molecule has 3 heterocycles. The fraction of sp³-hybridized carbons (Fsp3) is 0.185. The van der Waals surface area contributed by atoms with Crippen molar-refractivity contribution in [2.75, 3.05) is 7.11 Å². The summed E-state index contributed by atoms with van der Waals surface area (Å²) in [5.41, 5.74) is 4.45. The Labute approximate surface area is 202 Å². The van der Waals surface area contributed by atoms with Gasteiger partial charge in [-0.05, 0) is 56.3 Å². The van der Waals surface area contributed by atoms with Crippen molar-refractivity contribution >= 4 is 17.0 Å². The van der Waals surface area contributed by atoms with Crippen molar-refractivity contribution in [3.63, 3.8) is 0 Å². The Balaban J connectivity index is 1.42. The molecule has 8 heteroatoms. The number of carbonyl (C=O) groups is 1. The molecule has 0 bridgehead atoms. The van der Waals surface area contributed by atoms with Gasteiger partial charge in [-0.3, -0.25) is 0 Å². The number of ether oxygens (including phenoxy) is 2. The molecule has 0 radical (unpaired) electrons. The number of fused-ring (bicyclic) bond motifs is 1. The van der Waals surface area contributed by atoms with Gasteiger partial charge in [0.2, 0.25) is 0 Å². The van der Waals surface area contributed by atoms with Gasteiger partial charge in [0.25, 0.3) is 0 Å². The molecule has 0 aliphatic heterocycles. The van der Waals surface area contributed by atoms with Gasteiger partial charge in [-0.25, -0.2) is 19.1 Å². The fourth-order valence-corrected chi connectivity index (χ4v) is 3.88. The minimum Gasteiger partial charge on any atom is -0.497 e. The SMILES string of the molecule is COc1ccc(-c2nn(-c3ccccc3)cc2COC(=O)c2cnc3c(cnn3C(C)C)c2)cc1. The maximum absolute atomic E-state index is 12.9. The largest absolute Gasteiger partial charge is 0.497 e. The number of hydrogen-bond donors (Lipinski definition) is 0. The Kier molecular flexibility index (Phi) is 6.01. The molecule has 5 aromatic rings. The number of carbonyl (C=O) groups excluding carboxylic acids is 1. The van der Waals surface area contributed by atoms with Crippen LogP contribution >= 0.6 is 0 Å². The number of benzene rings is 2. The van der Waals surface area contributed by atoms with Crippen LogP contribution in [0.2, 0.25) is 0 Å². The lowest BCUT2D eigenvalue weighted by atomic mass is 10.1. The molecular weight excluding hydrogens is 442 g/mol. The van der Waals surface area contributed by atoms with Crippen LogP contribution in [0.3, 0.4) is 0 Å². The number of esters is 1. The van der Waals surface area contributed by atoms with Gasteiger partial charge in [-0.15, -0.1) is 0 Å². The lowest BCUT2D eigenvalue weighted by Crippen LogP contribution is -2.07. The first-order valence-corrected chi connectivity index (χ1v) is 11.3. The first kappa shape index (κ1) is 22.3. The summed E-state index contributed by atoms with van der Waals surface area (Å²) in [5, 5.41) is 9.93. The van der Waals surface area contributed by atoms with E-state index in [0.29, 0.717) is 5.56 Å². The second kappa shape index (κ2) is 9.42. The van der Waals surface area contributed by atoms with E-state index < -0.39 is 5.97 Å². The monoisotopic (exact) mass is 467 g/mol. The number of aromatic nitrogens is 5. The minimum absolute atomic E-state index is 0.0658. The third-order valence-corrected chi connectivity index (χ3v) is 5.69. The lowest BCUT2D eigenvalue weighted by molar-refractivity contribution is 0.0473. The van der Waals surface area contributed by atoms with E-state index in [-0.39, 0.29) is 12.6 Å². The van der Waals surface area contributed by atoms with Crippen molar-refractivity contribution < 1.29 is 14.3 Å². The van der Waals surface area contributed by atoms with Crippen LogP contribution in [0.25, 0.3) is 28.0 Å². The second-order valence-electron chi connectivity index (χ2n) is 8.41. The van der Waals surface area contributed by atoms with E-state index in [2.05, 4.69) is 10.1 Å². The minimum atomic E-state index is -0.454. The first-order valence-electron chi connectivity index (χ1n) is 11.3. The molecule has 5 rings (SSSR count). The van der Waals surface area contributed by atoms with Crippen molar-refractivity contribution in [3.8, 4) is 22.7 Å². The summed E-state index contributed by atoms with van der Waals surface area (Å²) < 4.78 is 14.6. The number of pyridine rings is 1. The van der Waals surface area contributed by atoms with Gasteiger partial charge in [-0.2, -0.15) is 10.2 Å². The van der Waals surface area contributed by atoms with Gasteiger partial charge in [0.15, 0.2) is 5.65 Å². The van der Waals surface area contributed by atoms with Crippen LogP contribution in [-0.4, -0.2) is 37.6 Å². The summed E-state index contributed by atoms with van der Waals surface area (Å²) in [6, 6.07) is 19.4. The third kappa shape index (κ3) is 4.50. The van der Waals surface area contributed by atoms with Crippen LogP contribution in [0.4, 0.5) is 0 Å². The molecule has 0 saturated heterocycles.